The molecule has 170 valence electrons. The third-order valence-electron chi connectivity index (χ3n) is 5.93. The Hall–Kier alpha value is 0.152. The van der Waals surface area contributed by atoms with Crippen LogP contribution in [0.5, 0.6) is 0 Å². The van der Waals surface area contributed by atoms with Crippen molar-refractivity contribution in [1.82, 2.24) is 4.98 Å². The first-order chi connectivity index (χ1) is 11.9. The van der Waals surface area contributed by atoms with E-state index in [2.05, 4.69) is 46.5 Å². The minimum absolute atomic E-state index is 0. The van der Waals surface area contributed by atoms with E-state index < -0.39 is 18.0 Å². The molecular formula is C21H42NO3PPdS. The average Bonchev–Trinajstić information content (AvgIpc) is 2.58. The van der Waals surface area contributed by atoms with Gasteiger partial charge in [0.1, 0.15) is 0 Å². The van der Waals surface area contributed by atoms with Gasteiger partial charge in [-0.3, -0.25) is 9.54 Å². The van der Waals surface area contributed by atoms with Gasteiger partial charge in [-0.05, 0) is 65.5 Å². The van der Waals surface area contributed by atoms with Crippen LogP contribution in [0.15, 0.2) is 18.2 Å². The monoisotopic (exact) mass is 525 g/mol. The minimum Gasteiger partial charge on any atom is -0.358 e. The summed E-state index contributed by atoms with van der Waals surface area (Å²) in [5.41, 5.74) is 2.16. The fraction of sp³-hybridized carbons (Fsp3) is 0.714. The van der Waals surface area contributed by atoms with Gasteiger partial charge in [-0.1, -0.05) is 33.8 Å². The predicted octanol–water partition coefficient (Wildman–Crippen LogP) is 6.35. The van der Waals surface area contributed by atoms with Crippen LogP contribution in [0, 0.1) is 21.3 Å². The molecule has 0 spiro atoms. The van der Waals surface area contributed by atoms with E-state index in [1.165, 1.54) is 0 Å². The normalized spacial score (nSPS) is 11.8. The maximum absolute atomic E-state index is 11.4. The molecular weight excluding hydrogens is 484 g/mol. The van der Waals surface area contributed by atoms with Crippen molar-refractivity contribution in [3.05, 3.63) is 37.0 Å². The van der Waals surface area contributed by atoms with Gasteiger partial charge in [-0.15, -0.1) is 0 Å². The van der Waals surface area contributed by atoms with Gasteiger partial charge in [0.2, 0.25) is 0 Å². The molecule has 1 aromatic rings. The molecule has 0 bridgehead atoms. The first-order valence-electron chi connectivity index (χ1n) is 9.59. The van der Waals surface area contributed by atoms with Gasteiger partial charge in [-0.2, -0.15) is 8.42 Å². The second-order valence-corrected chi connectivity index (χ2v) is 13.4. The van der Waals surface area contributed by atoms with E-state index in [4.69, 9.17) is 0 Å². The molecule has 0 fully saturated rings. The Morgan fingerprint density at radius 1 is 0.929 bits per heavy atom. The molecule has 1 N–H and O–H groups in total. The van der Waals surface area contributed by atoms with Gasteiger partial charge in [0, 0.05) is 39.7 Å². The van der Waals surface area contributed by atoms with Crippen LogP contribution in [0.3, 0.4) is 0 Å². The van der Waals surface area contributed by atoms with E-state index in [1.807, 2.05) is 32.0 Å². The van der Waals surface area contributed by atoms with Crippen LogP contribution < -0.4 is 0 Å². The van der Waals surface area contributed by atoms with Gasteiger partial charge in [0.05, 0.1) is 10.3 Å². The first-order valence-corrected chi connectivity index (χ1v) is 12.9. The number of nitrogens with zero attached hydrogens (tertiary/aromatic N) is 1. The van der Waals surface area contributed by atoms with E-state index in [1.54, 1.807) is 0 Å². The Bertz CT molecular complexity index is 610. The Balaban J connectivity index is -0.000000525. The molecule has 1 rings (SSSR count). The van der Waals surface area contributed by atoms with Crippen molar-refractivity contribution in [1.29, 1.82) is 0 Å². The van der Waals surface area contributed by atoms with Crippen LogP contribution in [0.25, 0.3) is 0 Å². The third-order valence-corrected chi connectivity index (χ3v) is 12.9. The summed E-state index contributed by atoms with van der Waals surface area (Å²) in [6.07, 6.45) is 3.90. The molecule has 0 aliphatic rings. The molecule has 4 nitrogen and oxygen atoms in total. The molecule has 0 unspecified atom stereocenters. The summed E-state index contributed by atoms with van der Waals surface area (Å²) in [5.74, 6) is 0. The number of pyridine rings is 1. The maximum atomic E-state index is 11.4. The van der Waals surface area contributed by atoms with Crippen LogP contribution >= 0.6 is 7.92 Å². The van der Waals surface area contributed by atoms with Crippen molar-refractivity contribution in [3.63, 3.8) is 0 Å². The molecule has 28 heavy (non-hydrogen) atoms. The zero-order valence-electron chi connectivity index (χ0n) is 19.2. The summed E-state index contributed by atoms with van der Waals surface area (Å²) in [4.78, 5) is 4.17. The molecule has 1 heterocycles. The van der Waals surface area contributed by atoms with Gasteiger partial charge in [0.15, 0.2) is 5.49 Å². The minimum atomic E-state index is -3.88. The first kappa shape index (κ1) is 32.8. The number of hydrogen-bond donors (Lipinski definition) is 1. The fourth-order valence-corrected chi connectivity index (χ4v) is 10.7. The second-order valence-electron chi connectivity index (χ2n) is 7.66. The SMILES string of the molecule is CCC(C)(CC)[PH+](CS(=O)(=O)O)C(C)(CC)CC.Cc1cccc(C)n1.[CH3-].[Pd]. The largest absolute Gasteiger partial charge is 0.358 e. The summed E-state index contributed by atoms with van der Waals surface area (Å²) in [5, 5.41) is 0.114. The van der Waals surface area contributed by atoms with E-state index in [-0.39, 0.29) is 43.7 Å². The summed E-state index contributed by atoms with van der Waals surface area (Å²) in [7, 11) is -5.10. The van der Waals surface area contributed by atoms with Gasteiger partial charge < -0.3 is 7.43 Å². The number of aromatic nitrogens is 1. The number of hydrogen-bond acceptors (Lipinski definition) is 3. The summed E-state index contributed by atoms with van der Waals surface area (Å²) in [6, 6.07) is 6.00. The van der Waals surface area contributed by atoms with Crippen LogP contribution in [0.1, 0.15) is 78.6 Å². The smallest absolute Gasteiger partial charge is 0.299 e. The van der Waals surface area contributed by atoms with Gasteiger partial charge in [0.25, 0.3) is 10.1 Å². The van der Waals surface area contributed by atoms with Crippen molar-refractivity contribution >= 4 is 18.0 Å². The molecule has 0 aromatic carbocycles. The van der Waals surface area contributed by atoms with Crippen molar-refractivity contribution in [2.24, 2.45) is 0 Å². The van der Waals surface area contributed by atoms with Crippen molar-refractivity contribution in [3.8, 4) is 0 Å². The molecule has 0 radical (unpaired) electrons. The Morgan fingerprint density at radius 2 is 1.25 bits per heavy atom. The molecule has 7 heteroatoms. The topological polar surface area (TPSA) is 67.3 Å². The maximum Gasteiger partial charge on any atom is 0.299 e. The number of aryl methyl sites for hydroxylation is 2. The summed E-state index contributed by atoms with van der Waals surface area (Å²) >= 11 is 0. The Morgan fingerprint density at radius 3 is 1.43 bits per heavy atom. The summed E-state index contributed by atoms with van der Waals surface area (Å²) in [6.45, 7) is 16.9. The Labute approximate surface area is 189 Å². The van der Waals surface area contributed by atoms with Crippen LogP contribution in [0.2, 0.25) is 0 Å². The zero-order valence-corrected chi connectivity index (χ0v) is 22.6. The Kier molecular flexibility index (Phi) is 16.6. The molecule has 0 atom stereocenters. The van der Waals surface area contributed by atoms with Crippen molar-refractivity contribution < 1.29 is 33.4 Å². The molecule has 0 saturated heterocycles. The molecule has 0 amide bonds. The molecule has 1 aromatic heterocycles. The van der Waals surface area contributed by atoms with E-state index in [0.717, 1.165) is 37.1 Å². The average molecular weight is 526 g/mol. The fourth-order valence-electron chi connectivity index (χ4n) is 3.29. The molecule has 0 aliphatic heterocycles. The van der Waals surface area contributed by atoms with Crippen LogP contribution in [-0.4, -0.2) is 33.8 Å². The second kappa shape index (κ2) is 14.2. The molecule has 0 saturated carbocycles. The number of rotatable bonds is 8. The van der Waals surface area contributed by atoms with Crippen LogP contribution in [0.4, 0.5) is 0 Å². The summed E-state index contributed by atoms with van der Waals surface area (Å²) < 4.78 is 32.1. The third kappa shape index (κ3) is 10.8. The van der Waals surface area contributed by atoms with Crippen molar-refractivity contribution in [2.45, 2.75) is 91.4 Å². The van der Waals surface area contributed by atoms with E-state index >= 15 is 0 Å². The zero-order chi connectivity index (χ0) is 20.6. The van der Waals surface area contributed by atoms with Crippen LogP contribution in [-0.2, 0) is 30.5 Å². The quantitative estimate of drug-likeness (QED) is 0.186. The predicted molar refractivity (Wildman–Crippen MR) is 123 cm³/mol. The van der Waals surface area contributed by atoms with Gasteiger partial charge in [-0.25, -0.2) is 0 Å². The molecule has 0 aliphatic carbocycles. The van der Waals surface area contributed by atoms with Gasteiger partial charge >= 0.3 is 0 Å². The van der Waals surface area contributed by atoms with E-state index in [9.17, 15) is 13.0 Å². The standard InChI is InChI=1S/C13H29O3PS.C7H9N.CH3.Pd/c1-7-12(5,8-2)17(11-18(14,15)16)13(6,9-3)10-4;1-6-4-3-5-7(2)8-6;;/h7-11H2,1-6H3,(H,14,15,16);3-5H,1-2H3;1H3;/q;;-1;/p+1. The van der Waals surface area contributed by atoms with Crippen molar-refractivity contribution in [2.75, 3.05) is 5.49 Å². The van der Waals surface area contributed by atoms with E-state index in [0.29, 0.717) is 0 Å².